The molecule has 0 amide bonds. The lowest BCUT2D eigenvalue weighted by molar-refractivity contribution is 0.342. The number of nitrogens with one attached hydrogen (secondary N) is 1. The van der Waals surface area contributed by atoms with E-state index in [0.29, 0.717) is 28.7 Å². The molecule has 0 saturated heterocycles. The summed E-state index contributed by atoms with van der Waals surface area (Å²) in [5, 5.41) is 3.62. The lowest BCUT2D eigenvalue weighted by Crippen LogP contribution is -2.12. The zero-order valence-electron chi connectivity index (χ0n) is 12.2. The number of hydrogen-bond acceptors (Lipinski definition) is 6. The third kappa shape index (κ3) is 3.38. The minimum absolute atomic E-state index is 0.190. The molecule has 0 unspecified atom stereocenters. The van der Waals surface area contributed by atoms with E-state index in [0.717, 1.165) is 11.3 Å². The van der Waals surface area contributed by atoms with Crippen LogP contribution in [0.3, 0.4) is 0 Å². The number of thiophene rings is 1. The van der Waals surface area contributed by atoms with Crippen molar-refractivity contribution in [3.63, 3.8) is 0 Å². The molecule has 0 bridgehead atoms. The Balaban J connectivity index is 1.88. The Bertz CT molecular complexity index is 886. The third-order valence-electron chi connectivity index (χ3n) is 2.96. The number of aromatic nitrogens is 1. The van der Waals surface area contributed by atoms with Crippen LogP contribution in [0.5, 0.6) is 5.75 Å². The van der Waals surface area contributed by atoms with Crippen LogP contribution in [0.25, 0.3) is 10.6 Å². The average molecular weight is 350 g/mol. The molecule has 0 radical (unpaired) electrons. The van der Waals surface area contributed by atoms with Crippen LogP contribution in [0.4, 0.5) is 5.69 Å². The van der Waals surface area contributed by atoms with Crippen LogP contribution in [-0.4, -0.2) is 20.2 Å². The van der Waals surface area contributed by atoms with Crippen LogP contribution < -0.4 is 9.46 Å². The number of benzene rings is 1. The van der Waals surface area contributed by atoms with Gasteiger partial charge in [-0.2, -0.15) is 0 Å². The maximum absolute atomic E-state index is 12.5. The molecule has 120 valence electrons. The van der Waals surface area contributed by atoms with Gasteiger partial charge < -0.3 is 9.26 Å². The van der Waals surface area contributed by atoms with Crippen molar-refractivity contribution in [1.29, 1.82) is 0 Å². The lowest BCUT2D eigenvalue weighted by atomic mass is 10.3. The minimum atomic E-state index is -3.70. The van der Waals surface area contributed by atoms with E-state index in [-0.39, 0.29) is 4.21 Å². The Morgan fingerprint density at radius 2 is 2.04 bits per heavy atom. The van der Waals surface area contributed by atoms with Crippen LogP contribution in [0.1, 0.15) is 6.92 Å². The van der Waals surface area contributed by atoms with Crippen molar-refractivity contribution in [1.82, 2.24) is 5.16 Å². The van der Waals surface area contributed by atoms with E-state index in [2.05, 4.69) is 9.88 Å². The quantitative estimate of drug-likeness (QED) is 0.734. The van der Waals surface area contributed by atoms with Crippen molar-refractivity contribution in [2.75, 3.05) is 11.3 Å². The largest absolute Gasteiger partial charge is 0.492 e. The first-order chi connectivity index (χ1) is 11.1. The summed E-state index contributed by atoms with van der Waals surface area (Å²) >= 11 is 1.11. The van der Waals surface area contributed by atoms with Crippen LogP contribution in [0.2, 0.25) is 0 Å². The van der Waals surface area contributed by atoms with Gasteiger partial charge in [0, 0.05) is 6.07 Å². The number of sulfonamides is 1. The lowest BCUT2D eigenvalue weighted by Gasteiger charge is -2.11. The molecule has 0 atom stereocenters. The van der Waals surface area contributed by atoms with Crippen LogP contribution in [-0.2, 0) is 10.0 Å². The molecular weight excluding hydrogens is 336 g/mol. The van der Waals surface area contributed by atoms with Crippen molar-refractivity contribution >= 4 is 27.0 Å². The fraction of sp³-hybridized carbons (Fsp3) is 0.133. The molecule has 6 nitrogen and oxygen atoms in total. The maximum atomic E-state index is 12.5. The smallest absolute Gasteiger partial charge is 0.271 e. The maximum Gasteiger partial charge on any atom is 0.271 e. The Morgan fingerprint density at radius 3 is 2.78 bits per heavy atom. The van der Waals surface area contributed by atoms with Gasteiger partial charge in [0.05, 0.1) is 23.4 Å². The van der Waals surface area contributed by atoms with E-state index in [1.807, 2.05) is 6.92 Å². The van der Waals surface area contributed by atoms with Gasteiger partial charge in [0.15, 0.2) is 5.76 Å². The van der Waals surface area contributed by atoms with Gasteiger partial charge in [0.1, 0.15) is 9.96 Å². The summed E-state index contributed by atoms with van der Waals surface area (Å²) in [6, 6.07) is 11.8. The minimum Gasteiger partial charge on any atom is -0.492 e. The highest BCUT2D eigenvalue weighted by Gasteiger charge is 2.20. The van der Waals surface area contributed by atoms with Crippen molar-refractivity contribution in [3.8, 4) is 16.4 Å². The van der Waals surface area contributed by atoms with Crippen LogP contribution in [0.15, 0.2) is 57.4 Å². The molecule has 2 aromatic heterocycles. The van der Waals surface area contributed by atoms with Gasteiger partial charge in [0.2, 0.25) is 0 Å². The summed E-state index contributed by atoms with van der Waals surface area (Å²) in [5.41, 5.74) is 0.406. The first-order valence-electron chi connectivity index (χ1n) is 6.85. The zero-order chi connectivity index (χ0) is 16.3. The van der Waals surface area contributed by atoms with Gasteiger partial charge in [0.25, 0.3) is 10.0 Å². The highest BCUT2D eigenvalue weighted by Crippen LogP contribution is 2.33. The highest BCUT2D eigenvalue weighted by molar-refractivity contribution is 7.94. The molecule has 0 aliphatic carbocycles. The second-order valence-corrected chi connectivity index (χ2v) is 7.52. The zero-order valence-corrected chi connectivity index (χ0v) is 13.9. The number of ether oxygens (including phenoxy) is 1. The second kappa shape index (κ2) is 6.43. The molecule has 2 heterocycles. The van der Waals surface area contributed by atoms with Crippen LogP contribution in [0, 0.1) is 0 Å². The Kier molecular flexibility index (Phi) is 4.35. The molecule has 0 aliphatic rings. The fourth-order valence-corrected chi connectivity index (χ4v) is 4.30. The first-order valence-corrected chi connectivity index (χ1v) is 9.15. The van der Waals surface area contributed by atoms with Gasteiger partial charge in [-0.15, -0.1) is 11.3 Å². The van der Waals surface area contributed by atoms with E-state index in [1.54, 1.807) is 36.4 Å². The van der Waals surface area contributed by atoms with Gasteiger partial charge >= 0.3 is 0 Å². The van der Waals surface area contributed by atoms with Gasteiger partial charge in [-0.05, 0) is 31.2 Å². The van der Waals surface area contributed by atoms with Gasteiger partial charge in [-0.1, -0.05) is 17.3 Å². The standard InChI is InChI=1S/C15H14N2O4S2/c1-2-20-12-6-4-3-5-11(12)17-23(18,19)15-8-7-14(22-15)13-9-10-16-21-13/h3-10,17H,2H2,1H3. The number of para-hydroxylation sites is 2. The molecule has 1 N–H and O–H groups in total. The summed E-state index contributed by atoms with van der Waals surface area (Å²) in [5.74, 6) is 1.02. The molecule has 23 heavy (non-hydrogen) atoms. The molecule has 0 aliphatic heterocycles. The molecule has 3 aromatic rings. The Hall–Kier alpha value is -2.32. The van der Waals surface area contributed by atoms with E-state index in [9.17, 15) is 8.42 Å². The fourth-order valence-electron chi connectivity index (χ4n) is 1.97. The van der Waals surface area contributed by atoms with E-state index >= 15 is 0 Å². The first kappa shape index (κ1) is 15.6. The monoisotopic (exact) mass is 350 g/mol. The second-order valence-electron chi connectivity index (χ2n) is 4.53. The highest BCUT2D eigenvalue weighted by atomic mass is 32.2. The summed E-state index contributed by atoms with van der Waals surface area (Å²) in [6.07, 6.45) is 1.51. The van der Waals surface area contributed by atoms with Crippen molar-refractivity contribution in [2.24, 2.45) is 0 Å². The van der Waals surface area contributed by atoms with E-state index in [4.69, 9.17) is 9.26 Å². The third-order valence-corrected chi connectivity index (χ3v) is 5.92. The number of anilines is 1. The van der Waals surface area contributed by atoms with Crippen molar-refractivity contribution in [2.45, 2.75) is 11.1 Å². The summed E-state index contributed by atoms with van der Waals surface area (Å²) in [6.45, 7) is 2.29. The van der Waals surface area contributed by atoms with E-state index < -0.39 is 10.0 Å². The summed E-state index contributed by atoms with van der Waals surface area (Å²) < 4.78 is 38.3. The van der Waals surface area contributed by atoms with Gasteiger partial charge in [-0.25, -0.2) is 8.42 Å². The van der Waals surface area contributed by atoms with E-state index in [1.165, 1.54) is 12.3 Å². The SMILES string of the molecule is CCOc1ccccc1NS(=O)(=O)c1ccc(-c2ccno2)s1. The van der Waals surface area contributed by atoms with Crippen molar-refractivity contribution < 1.29 is 17.7 Å². The van der Waals surface area contributed by atoms with Crippen LogP contribution >= 0.6 is 11.3 Å². The number of hydrogen-bond donors (Lipinski definition) is 1. The Morgan fingerprint density at radius 1 is 1.22 bits per heavy atom. The predicted octanol–water partition coefficient (Wildman–Crippen LogP) is 3.60. The molecule has 0 saturated carbocycles. The Labute approximate surface area is 137 Å². The summed E-state index contributed by atoms with van der Waals surface area (Å²) in [7, 11) is -3.70. The molecule has 3 rings (SSSR count). The van der Waals surface area contributed by atoms with Crippen molar-refractivity contribution in [3.05, 3.63) is 48.7 Å². The topological polar surface area (TPSA) is 81.4 Å². The molecule has 0 fully saturated rings. The number of nitrogens with zero attached hydrogens (tertiary/aromatic N) is 1. The number of rotatable bonds is 6. The normalized spacial score (nSPS) is 11.3. The van der Waals surface area contributed by atoms with Gasteiger partial charge in [-0.3, -0.25) is 4.72 Å². The predicted molar refractivity (Wildman–Crippen MR) is 88.2 cm³/mol. The molecule has 1 aromatic carbocycles. The molecule has 8 heteroatoms. The molecule has 0 spiro atoms. The molecular formula is C15H14N2O4S2. The summed E-state index contributed by atoms with van der Waals surface area (Å²) in [4.78, 5) is 0.695. The average Bonchev–Trinajstić information content (AvgIpc) is 3.20.